The molecule has 1 aliphatic heterocycles. The second-order valence-electron chi connectivity index (χ2n) is 7.51. The van der Waals surface area contributed by atoms with Crippen LogP contribution in [-0.2, 0) is 12.8 Å². The molecule has 4 N–H and O–H groups in total. The van der Waals surface area contributed by atoms with Crippen LogP contribution in [0.25, 0.3) is 0 Å². The molecule has 1 saturated heterocycles. The maximum atomic E-state index is 10.1. The Morgan fingerprint density at radius 3 is 2.64 bits per heavy atom. The first kappa shape index (κ1) is 16.3. The summed E-state index contributed by atoms with van der Waals surface area (Å²) < 4.78 is 0. The van der Waals surface area contributed by atoms with Gasteiger partial charge in [-0.3, -0.25) is 0 Å². The number of nitrogens with two attached hydrogens (primary N) is 1. The number of rotatable bonds is 4. The van der Waals surface area contributed by atoms with Crippen molar-refractivity contribution in [3.63, 3.8) is 0 Å². The summed E-state index contributed by atoms with van der Waals surface area (Å²) in [5, 5.41) is 19.9. The van der Waals surface area contributed by atoms with E-state index in [1.54, 1.807) is 6.07 Å². The van der Waals surface area contributed by atoms with E-state index in [-0.39, 0.29) is 11.5 Å². The summed E-state index contributed by atoms with van der Waals surface area (Å²) in [5.41, 5.74) is 10.1. The third-order valence-corrected chi connectivity index (χ3v) is 5.90. The van der Waals surface area contributed by atoms with Gasteiger partial charge in [0, 0.05) is 30.3 Å². The smallest absolute Gasteiger partial charge is 0.160 e. The standard InChI is InChI=1S/C21H26N2O2/c22-16-6-3-14(4-7-16)2-1-11-23-12-15-5-8-18-17(19(15)13-23)9-10-20(24)21(18)25/h3-4,6-7,9-10,15,19,24-25H,1-2,5,8,11-13,22H2. The number of fused-ring (bicyclic) bond motifs is 3. The number of hydrogen-bond donors (Lipinski definition) is 3. The van der Waals surface area contributed by atoms with Crippen LogP contribution in [0.3, 0.4) is 0 Å². The van der Waals surface area contributed by atoms with Crippen molar-refractivity contribution in [2.45, 2.75) is 31.6 Å². The van der Waals surface area contributed by atoms with E-state index in [0.29, 0.717) is 11.8 Å². The van der Waals surface area contributed by atoms with Crippen LogP contribution in [0.15, 0.2) is 36.4 Å². The van der Waals surface area contributed by atoms with E-state index in [1.807, 2.05) is 18.2 Å². The lowest BCUT2D eigenvalue weighted by atomic mass is 9.77. The summed E-state index contributed by atoms with van der Waals surface area (Å²) in [7, 11) is 0. The Morgan fingerprint density at radius 2 is 1.84 bits per heavy atom. The molecule has 1 aliphatic carbocycles. The van der Waals surface area contributed by atoms with E-state index in [0.717, 1.165) is 56.6 Å². The molecule has 0 spiro atoms. The van der Waals surface area contributed by atoms with Crippen molar-refractivity contribution in [2.75, 3.05) is 25.4 Å². The molecule has 25 heavy (non-hydrogen) atoms. The van der Waals surface area contributed by atoms with Gasteiger partial charge in [-0.1, -0.05) is 18.2 Å². The molecule has 4 nitrogen and oxygen atoms in total. The predicted octanol–water partition coefficient (Wildman–Crippen LogP) is 3.27. The van der Waals surface area contributed by atoms with E-state index in [1.165, 1.54) is 11.1 Å². The molecule has 0 saturated carbocycles. The van der Waals surface area contributed by atoms with Gasteiger partial charge in [0.2, 0.25) is 0 Å². The van der Waals surface area contributed by atoms with Crippen molar-refractivity contribution >= 4 is 5.69 Å². The molecule has 2 unspecified atom stereocenters. The van der Waals surface area contributed by atoms with E-state index in [2.05, 4.69) is 17.0 Å². The van der Waals surface area contributed by atoms with Crippen molar-refractivity contribution < 1.29 is 10.2 Å². The van der Waals surface area contributed by atoms with Crippen molar-refractivity contribution in [1.82, 2.24) is 4.90 Å². The van der Waals surface area contributed by atoms with Crippen LogP contribution >= 0.6 is 0 Å². The highest BCUT2D eigenvalue weighted by molar-refractivity contribution is 5.51. The first-order valence-electron chi connectivity index (χ1n) is 9.22. The van der Waals surface area contributed by atoms with Crippen molar-refractivity contribution in [1.29, 1.82) is 0 Å². The second kappa shape index (κ2) is 6.60. The molecule has 0 amide bonds. The van der Waals surface area contributed by atoms with Gasteiger partial charge >= 0.3 is 0 Å². The highest BCUT2D eigenvalue weighted by Gasteiger charge is 2.38. The molecule has 132 valence electrons. The number of anilines is 1. The summed E-state index contributed by atoms with van der Waals surface area (Å²) in [6, 6.07) is 11.8. The number of nitrogen functional groups attached to an aromatic ring is 1. The SMILES string of the molecule is Nc1ccc(CCCN2CC3CCc4c(ccc(O)c4O)C3C2)cc1. The fraction of sp³-hybridized carbons (Fsp3) is 0.429. The van der Waals surface area contributed by atoms with Crippen molar-refractivity contribution in [3.05, 3.63) is 53.1 Å². The van der Waals surface area contributed by atoms with Crippen LogP contribution in [0.1, 0.15) is 35.4 Å². The van der Waals surface area contributed by atoms with Gasteiger partial charge in [0.15, 0.2) is 11.5 Å². The molecule has 1 heterocycles. The van der Waals surface area contributed by atoms with Gasteiger partial charge in [0.1, 0.15) is 0 Å². The largest absolute Gasteiger partial charge is 0.504 e. The number of phenols is 2. The molecule has 2 aromatic rings. The Hall–Kier alpha value is -2.20. The van der Waals surface area contributed by atoms with Crippen LogP contribution in [0, 0.1) is 5.92 Å². The molecule has 0 aromatic heterocycles. The summed E-state index contributed by atoms with van der Waals surface area (Å²) in [4.78, 5) is 2.56. The third-order valence-electron chi connectivity index (χ3n) is 5.90. The topological polar surface area (TPSA) is 69.7 Å². The summed E-state index contributed by atoms with van der Waals surface area (Å²) in [6.07, 6.45) is 4.20. The van der Waals surface area contributed by atoms with Gasteiger partial charge in [-0.2, -0.15) is 0 Å². The minimum atomic E-state index is 0.00977. The van der Waals surface area contributed by atoms with Crippen LogP contribution in [0.5, 0.6) is 11.5 Å². The Labute approximate surface area is 148 Å². The molecule has 4 rings (SSSR count). The molecule has 1 fully saturated rings. The average molecular weight is 338 g/mol. The van der Waals surface area contributed by atoms with Crippen molar-refractivity contribution in [2.24, 2.45) is 5.92 Å². The maximum Gasteiger partial charge on any atom is 0.160 e. The lowest BCUT2D eigenvalue weighted by Crippen LogP contribution is -2.22. The molecule has 4 heteroatoms. The zero-order valence-corrected chi connectivity index (χ0v) is 14.5. The highest BCUT2D eigenvalue weighted by atomic mass is 16.3. The first-order valence-corrected chi connectivity index (χ1v) is 9.22. The second-order valence-corrected chi connectivity index (χ2v) is 7.51. The van der Waals surface area contributed by atoms with Crippen molar-refractivity contribution in [3.8, 4) is 11.5 Å². The number of aryl methyl sites for hydroxylation is 1. The fourth-order valence-corrected chi connectivity index (χ4v) is 4.56. The van der Waals surface area contributed by atoms with Gasteiger partial charge < -0.3 is 20.8 Å². The maximum absolute atomic E-state index is 10.1. The zero-order chi connectivity index (χ0) is 17.4. The Bertz CT molecular complexity index is 757. The summed E-state index contributed by atoms with van der Waals surface area (Å²) in [6.45, 7) is 3.31. The predicted molar refractivity (Wildman–Crippen MR) is 99.9 cm³/mol. The first-order chi connectivity index (χ1) is 12.1. The zero-order valence-electron chi connectivity index (χ0n) is 14.5. The van der Waals surface area contributed by atoms with Crippen LogP contribution in [0.2, 0.25) is 0 Å². The minimum Gasteiger partial charge on any atom is -0.504 e. The van der Waals surface area contributed by atoms with Gasteiger partial charge in [-0.05, 0) is 67.5 Å². The number of likely N-dealkylation sites (tertiary alicyclic amines) is 1. The van der Waals surface area contributed by atoms with Gasteiger partial charge in [0.25, 0.3) is 0 Å². The Morgan fingerprint density at radius 1 is 1.04 bits per heavy atom. The fourth-order valence-electron chi connectivity index (χ4n) is 4.56. The average Bonchev–Trinajstić information content (AvgIpc) is 3.03. The van der Waals surface area contributed by atoms with E-state index < -0.39 is 0 Å². The van der Waals surface area contributed by atoms with Crippen LogP contribution < -0.4 is 5.73 Å². The molecular formula is C21H26N2O2. The number of phenolic OH excluding ortho intramolecular Hbond substituents is 2. The number of benzene rings is 2. The van der Waals surface area contributed by atoms with Gasteiger partial charge in [-0.15, -0.1) is 0 Å². The van der Waals surface area contributed by atoms with Gasteiger partial charge in [0.05, 0.1) is 0 Å². The molecule has 0 bridgehead atoms. The van der Waals surface area contributed by atoms with E-state index >= 15 is 0 Å². The lowest BCUT2D eigenvalue weighted by molar-refractivity contribution is 0.316. The number of hydrogen-bond acceptors (Lipinski definition) is 4. The summed E-state index contributed by atoms with van der Waals surface area (Å²) in [5.74, 6) is 1.27. The molecule has 2 aromatic carbocycles. The highest BCUT2D eigenvalue weighted by Crippen LogP contribution is 2.46. The molecule has 2 aliphatic rings. The van der Waals surface area contributed by atoms with Gasteiger partial charge in [-0.25, -0.2) is 0 Å². The molecular weight excluding hydrogens is 312 g/mol. The van der Waals surface area contributed by atoms with Crippen LogP contribution in [-0.4, -0.2) is 34.7 Å². The lowest BCUT2D eigenvalue weighted by Gasteiger charge is -2.28. The minimum absolute atomic E-state index is 0.00977. The van der Waals surface area contributed by atoms with Crippen LogP contribution in [0.4, 0.5) is 5.69 Å². The Balaban J connectivity index is 1.37. The monoisotopic (exact) mass is 338 g/mol. The Kier molecular flexibility index (Phi) is 4.30. The van der Waals surface area contributed by atoms with E-state index in [4.69, 9.17) is 5.73 Å². The molecule has 0 radical (unpaired) electrons. The number of aromatic hydroxyl groups is 2. The normalized spacial score (nSPS) is 22.6. The number of nitrogens with zero attached hydrogens (tertiary/aromatic N) is 1. The molecule has 2 atom stereocenters. The third kappa shape index (κ3) is 3.19. The van der Waals surface area contributed by atoms with E-state index in [9.17, 15) is 10.2 Å². The quantitative estimate of drug-likeness (QED) is 0.591. The summed E-state index contributed by atoms with van der Waals surface area (Å²) >= 11 is 0.